The largest absolute Gasteiger partial charge is 0.419 e. The van der Waals surface area contributed by atoms with Crippen molar-refractivity contribution in [2.75, 3.05) is 12.8 Å². The normalized spacial score (nSPS) is 19.4. The SMILES string of the molecule is CC1CC1CCc1cc(CCCNS(C)(=O)=O)cc(-c2nnc(C(C)(N)Cc3ccccc3)o2)c1. The van der Waals surface area contributed by atoms with E-state index in [4.69, 9.17) is 10.2 Å². The fourth-order valence-electron chi connectivity index (χ4n) is 4.54. The maximum atomic E-state index is 11.4. The zero-order valence-corrected chi connectivity index (χ0v) is 21.6. The summed E-state index contributed by atoms with van der Waals surface area (Å²) in [5.41, 5.74) is 10.2. The molecule has 1 fully saturated rings. The molecule has 3 atom stereocenters. The Hall–Kier alpha value is -2.55. The second kappa shape index (κ2) is 10.6. The van der Waals surface area contributed by atoms with Gasteiger partial charge in [-0.25, -0.2) is 13.1 Å². The van der Waals surface area contributed by atoms with Gasteiger partial charge in [-0.2, -0.15) is 0 Å². The van der Waals surface area contributed by atoms with Crippen molar-refractivity contribution >= 4 is 10.0 Å². The first-order valence-corrected chi connectivity index (χ1v) is 14.2. The first kappa shape index (κ1) is 25.5. The molecule has 1 saturated carbocycles. The quantitative estimate of drug-likeness (QED) is 0.363. The summed E-state index contributed by atoms with van der Waals surface area (Å²) in [6.07, 6.45) is 6.73. The molecule has 0 saturated heterocycles. The van der Waals surface area contributed by atoms with Gasteiger partial charge >= 0.3 is 0 Å². The maximum absolute atomic E-state index is 11.4. The lowest BCUT2D eigenvalue weighted by atomic mass is 9.94. The molecule has 0 amide bonds. The Morgan fingerprint density at radius 3 is 2.43 bits per heavy atom. The molecule has 1 aliphatic rings. The first-order valence-electron chi connectivity index (χ1n) is 12.3. The third-order valence-corrected chi connectivity index (χ3v) is 7.44. The van der Waals surface area contributed by atoms with E-state index in [1.165, 1.54) is 24.7 Å². The van der Waals surface area contributed by atoms with Gasteiger partial charge in [0.05, 0.1) is 11.8 Å². The molecule has 188 valence electrons. The predicted octanol–water partition coefficient (Wildman–Crippen LogP) is 4.22. The molecule has 3 unspecified atom stereocenters. The molecule has 0 bridgehead atoms. The summed E-state index contributed by atoms with van der Waals surface area (Å²) < 4.78 is 31.4. The van der Waals surface area contributed by atoms with Crippen LogP contribution in [-0.2, 0) is 34.8 Å². The van der Waals surface area contributed by atoms with Crippen LogP contribution >= 0.6 is 0 Å². The van der Waals surface area contributed by atoms with E-state index in [1.54, 1.807) is 0 Å². The molecule has 35 heavy (non-hydrogen) atoms. The van der Waals surface area contributed by atoms with Crippen LogP contribution in [0.2, 0.25) is 0 Å². The number of aryl methyl sites for hydroxylation is 2. The second-order valence-electron chi connectivity index (χ2n) is 10.3. The number of rotatable bonds is 12. The third-order valence-electron chi connectivity index (χ3n) is 6.71. The van der Waals surface area contributed by atoms with Crippen LogP contribution in [0.1, 0.15) is 55.7 Å². The van der Waals surface area contributed by atoms with Crippen molar-refractivity contribution < 1.29 is 12.8 Å². The molecular weight excluding hydrogens is 460 g/mol. The minimum atomic E-state index is -3.18. The van der Waals surface area contributed by atoms with Gasteiger partial charge in [-0.1, -0.05) is 43.3 Å². The van der Waals surface area contributed by atoms with Gasteiger partial charge in [0, 0.05) is 12.1 Å². The van der Waals surface area contributed by atoms with Crippen LogP contribution in [0, 0.1) is 11.8 Å². The summed E-state index contributed by atoms with van der Waals surface area (Å²) in [6.45, 7) is 4.62. The van der Waals surface area contributed by atoms with Crippen LogP contribution in [0.4, 0.5) is 0 Å². The van der Waals surface area contributed by atoms with Gasteiger partial charge in [-0.3, -0.25) is 0 Å². The van der Waals surface area contributed by atoms with Crippen LogP contribution in [0.3, 0.4) is 0 Å². The number of hydrogen-bond acceptors (Lipinski definition) is 6. The smallest absolute Gasteiger partial charge is 0.247 e. The van der Waals surface area contributed by atoms with E-state index in [-0.39, 0.29) is 0 Å². The van der Waals surface area contributed by atoms with Crippen molar-refractivity contribution in [2.24, 2.45) is 17.6 Å². The van der Waals surface area contributed by atoms with E-state index in [1.807, 2.05) is 37.3 Å². The number of nitrogens with two attached hydrogens (primary N) is 1. The number of nitrogens with zero attached hydrogens (tertiary/aromatic N) is 2. The highest BCUT2D eigenvalue weighted by Crippen LogP contribution is 2.41. The average Bonchev–Trinajstić information content (AvgIpc) is 3.28. The van der Waals surface area contributed by atoms with Gasteiger partial charge < -0.3 is 10.2 Å². The van der Waals surface area contributed by atoms with Gasteiger partial charge in [0.15, 0.2) is 0 Å². The number of aromatic nitrogens is 2. The van der Waals surface area contributed by atoms with Crippen molar-refractivity contribution in [3.63, 3.8) is 0 Å². The molecule has 0 radical (unpaired) electrons. The fourth-order valence-corrected chi connectivity index (χ4v) is 5.06. The Kier molecular flexibility index (Phi) is 7.73. The van der Waals surface area contributed by atoms with E-state index in [0.717, 1.165) is 41.4 Å². The van der Waals surface area contributed by atoms with Crippen LogP contribution in [0.25, 0.3) is 11.5 Å². The Morgan fingerprint density at radius 1 is 1.09 bits per heavy atom. The van der Waals surface area contributed by atoms with Crippen molar-refractivity contribution in [1.82, 2.24) is 14.9 Å². The average molecular weight is 497 g/mol. The summed E-state index contributed by atoms with van der Waals surface area (Å²) >= 11 is 0. The van der Waals surface area contributed by atoms with E-state index in [0.29, 0.717) is 31.2 Å². The fraction of sp³-hybridized carbons (Fsp3) is 0.481. The highest BCUT2D eigenvalue weighted by atomic mass is 32.2. The molecule has 8 heteroatoms. The Morgan fingerprint density at radius 2 is 1.77 bits per heavy atom. The number of nitrogens with one attached hydrogen (secondary N) is 1. The molecule has 0 aliphatic heterocycles. The highest BCUT2D eigenvalue weighted by molar-refractivity contribution is 7.88. The summed E-state index contributed by atoms with van der Waals surface area (Å²) in [5.74, 6) is 2.51. The second-order valence-corrected chi connectivity index (χ2v) is 12.1. The molecule has 0 spiro atoms. The zero-order chi connectivity index (χ0) is 25.1. The van der Waals surface area contributed by atoms with Crippen LogP contribution in [0.15, 0.2) is 52.9 Å². The van der Waals surface area contributed by atoms with Crippen molar-refractivity contribution in [2.45, 2.75) is 57.9 Å². The van der Waals surface area contributed by atoms with Gasteiger partial charge in [-0.15, -0.1) is 10.2 Å². The van der Waals surface area contributed by atoms with Crippen molar-refractivity contribution in [3.8, 4) is 11.5 Å². The van der Waals surface area contributed by atoms with Gasteiger partial charge in [-0.05, 0) is 86.1 Å². The molecule has 7 nitrogen and oxygen atoms in total. The molecule has 3 N–H and O–H groups in total. The molecule has 1 heterocycles. The standard InChI is InChI=1S/C27H36N4O3S/c1-19-14-23(19)12-11-22-15-21(10-7-13-29-35(3,32)33)16-24(17-22)25-30-31-26(34-25)27(2,28)18-20-8-5-4-6-9-20/h4-6,8-9,15-17,19,23,29H,7,10-14,18,28H2,1-3H3. The predicted molar refractivity (Wildman–Crippen MR) is 138 cm³/mol. The van der Waals surface area contributed by atoms with Crippen molar-refractivity contribution in [3.05, 3.63) is 71.1 Å². The molecular formula is C27H36N4O3S. The summed E-state index contributed by atoms with van der Waals surface area (Å²) in [6, 6.07) is 16.5. The first-order chi connectivity index (χ1) is 16.6. The third kappa shape index (κ3) is 7.46. The summed E-state index contributed by atoms with van der Waals surface area (Å²) in [5, 5.41) is 8.63. The van der Waals surface area contributed by atoms with Crippen LogP contribution in [-0.4, -0.2) is 31.4 Å². The van der Waals surface area contributed by atoms with Crippen molar-refractivity contribution in [1.29, 1.82) is 0 Å². The lowest BCUT2D eigenvalue weighted by Crippen LogP contribution is -2.35. The van der Waals surface area contributed by atoms with Gasteiger partial charge in [0.2, 0.25) is 21.8 Å². The van der Waals surface area contributed by atoms with Crippen LogP contribution < -0.4 is 10.5 Å². The Labute approximate surface area is 208 Å². The lowest BCUT2D eigenvalue weighted by molar-refractivity contribution is 0.355. The van der Waals surface area contributed by atoms with Crippen LogP contribution in [0.5, 0.6) is 0 Å². The van der Waals surface area contributed by atoms with Gasteiger partial charge in [0.25, 0.3) is 0 Å². The van der Waals surface area contributed by atoms with E-state index >= 15 is 0 Å². The van der Waals surface area contributed by atoms with E-state index < -0.39 is 15.6 Å². The molecule has 3 aromatic rings. The highest BCUT2D eigenvalue weighted by Gasteiger charge is 2.32. The van der Waals surface area contributed by atoms with E-state index in [9.17, 15) is 8.42 Å². The monoisotopic (exact) mass is 496 g/mol. The number of hydrogen-bond donors (Lipinski definition) is 2. The number of benzene rings is 2. The lowest BCUT2D eigenvalue weighted by Gasteiger charge is -2.20. The minimum absolute atomic E-state index is 0.410. The summed E-state index contributed by atoms with van der Waals surface area (Å²) in [7, 11) is -3.18. The zero-order valence-electron chi connectivity index (χ0n) is 20.8. The number of sulfonamides is 1. The molecule has 1 aliphatic carbocycles. The molecule has 2 aromatic carbocycles. The summed E-state index contributed by atoms with van der Waals surface area (Å²) in [4.78, 5) is 0. The Balaban J connectivity index is 1.52. The Bertz CT molecular complexity index is 1240. The van der Waals surface area contributed by atoms with E-state index in [2.05, 4.69) is 40.0 Å². The topological polar surface area (TPSA) is 111 Å². The molecule has 4 rings (SSSR count). The maximum Gasteiger partial charge on any atom is 0.247 e. The van der Waals surface area contributed by atoms with Gasteiger partial charge in [0.1, 0.15) is 0 Å². The minimum Gasteiger partial charge on any atom is -0.419 e. The molecule has 1 aromatic heterocycles.